The summed E-state index contributed by atoms with van der Waals surface area (Å²) in [5.74, 6) is 2.11. The second-order valence-corrected chi connectivity index (χ2v) is 6.59. The van der Waals surface area contributed by atoms with Crippen LogP contribution in [0.25, 0.3) is 11.0 Å². The van der Waals surface area contributed by atoms with Crippen molar-refractivity contribution in [3.05, 3.63) is 30.1 Å². The van der Waals surface area contributed by atoms with Crippen LogP contribution in [0.2, 0.25) is 0 Å². The molecule has 1 aromatic heterocycles. The molecule has 0 radical (unpaired) electrons. The molecular weight excluding hydrogens is 298 g/mol. The van der Waals surface area contributed by atoms with E-state index in [9.17, 15) is 4.79 Å². The van der Waals surface area contributed by atoms with Gasteiger partial charge in [0.1, 0.15) is 5.82 Å². The van der Waals surface area contributed by atoms with Crippen LogP contribution in [0.1, 0.15) is 25.6 Å². The quantitative estimate of drug-likeness (QED) is 0.858. The van der Waals surface area contributed by atoms with E-state index >= 15 is 0 Å². The maximum Gasteiger partial charge on any atom is 0.230 e. The van der Waals surface area contributed by atoms with Crippen LogP contribution in [-0.2, 0) is 15.3 Å². The number of aromatic nitrogens is 2. The van der Waals surface area contributed by atoms with Gasteiger partial charge in [0, 0.05) is 6.61 Å². The molecule has 0 aliphatic carbocycles. The molecule has 3 rings (SSSR count). The Morgan fingerprint density at radius 1 is 1.55 bits per heavy atom. The summed E-state index contributed by atoms with van der Waals surface area (Å²) in [5.41, 5.74) is 2.00. The number of rotatable bonds is 6. The van der Waals surface area contributed by atoms with Crippen LogP contribution in [0.5, 0.6) is 0 Å². The molecule has 0 unspecified atom stereocenters. The molecule has 1 aromatic carbocycles. The van der Waals surface area contributed by atoms with Crippen LogP contribution in [-0.4, -0.2) is 40.4 Å². The minimum atomic E-state index is 0.0594. The van der Waals surface area contributed by atoms with Crippen molar-refractivity contribution in [1.82, 2.24) is 15.3 Å². The number of para-hydroxylation sites is 2. The number of imidazole rings is 1. The van der Waals surface area contributed by atoms with Crippen molar-refractivity contribution < 1.29 is 9.53 Å². The Kier molecular flexibility index (Phi) is 5.00. The zero-order chi connectivity index (χ0) is 15.4. The Morgan fingerprint density at radius 3 is 3.18 bits per heavy atom. The summed E-state index contributed by atoms with van der Waals surface area (Å²) in [6.07, 6.45) is 2.29. The van der Waals surface area contributed by atoms with Crippen molar-refractivity contribution in [3.8, 4) is 0 Å². The number of ether oxygens (including phenoxy) is 1. The van der Waals surface area contributed by atoms with Gasteiger partial charge in [0.15, 0.2) is 0 Å². The standard InChI is InChI=1S/C16H21N3O2S/c1-11(14-7-4-8-21-14)17-16(20)10-22-9-15-18-12-5-2-3-6-13(12)19-15/h2-3,5-6,11,14H,4,7-10H2,1H3,(H,17,20)(H,18,19)/t11-,14-/m1/s1. The summed E-state index contributed by atoms with van der Waals surface area (Å²) in [5, 5.41) is 3.02. The summed E-state index contributed by atoms with van der Waals surface area (Å²) < 4.78 is 5.59. The molecule has 118 valence electrons. The lowest BCUT2D eigenvalue weighted by molar-refractivity contribution is -0.120. The minimum absolute atomic E-state index is 0.0594. The molecule has 2 heterocycles. The van der Waals surface area contributed by atoms with E-state index in [1.165, 1.54) is 0 Å². The number of hydrogen-bond acceptors (Lipinski definition) is 4. The van der Waals surface area contributed by atoms with Crippen molar-refractivity contribution in [2.24, 2.45) is 0 Å². The van der Waals surface area contributed by atoms with Gasteiger partial charge in [-0.1, -0.05) is 12.1 Å². The van der Waals surface area contributed by atoms with Gasteiger partial charge in [-0.3, -0.25) is 4.79 Å². The molecule has 0 bridgehead atoms. The Labute approximate surface area is 134 Å². The third-order valence-electron chi connectivity index (χ3n) is 3.82. The molecule has 22 heavy (non-hydrogen) atoms. The highest BCUT2D eigenvalue weighted by Gasteiger charge is 2.23. The predicted octanol–water partition coefficient (Wildman–Crippen LogP) is 2.48. The van der Waals surface area contributed by atoms with Crippen LogP contribution >= 0.6 is 11.8 Å². The molecular formula is C16H21N3O2S. The van der Waals surface area contributed by atoms with Crippen molar-refractivity contribution in [2.45, 2.75) is 37.7 Å². The molecule has 2 aromatic rings. The molecule has 2 atom stereocenters. The number of H-pyrrole nitrogens is 1. The van der Waals surface area contributed by atoms with Crippen LogP contribution in [0.15, 0.2) is 24.3 Å². The minimum Gasteiger partial charge on any atom is -0.376 e. The monoisotopic (exact) mass is 319 g/mol. The molecule has 1 aliphatic heterocycles. The summed E-state index contributed by atoms with van der Waals surface area (Å²) >= 11 is 1.57. The zero-order valence-corrected chi connectivity index (χ0v) is 13.5. The van der Waals surface area contributed by atoms with Crippen LogP contribution in [0.3, 0.4) is 0 Å². The maximum atomic E-state index is 12.0. The van der Waals surface area contributed by atoms with Crippen molar-refractivity contribution in [2.75, 3.05) is 12.4 Å². The average Bonchev–Trinajstić information content (AvgIpc) is 3.16. The molecule has 1 fully saturated rings. The lowest BCUT2D eigenvalue weighted by Gasteiger charge is -2.19. The SMILES string of the molecule is C[C@@H](NC(=O)CSCc1nc2ccccc2[nH]1)[C@H]1CCCO1. The van der Waals surface area contributed by atoms with E-state index in [1.54, 1.807) is 11.8 Å². The van der Waals surface area contributed by atoms with Crippen molar-refractivity contribution in [3.63, 3.8) is 0 Å². The highest BCUT2D eigenvalue weighted by atomic mass is 32.2. The first kappa shape index (κ1) is 15.4. The fraction of sp³-hybridized carbons (Fsp3) is 0.500. The second kappa shape index (κ2) is 7.15. The second-order valence-electron chi connectivity index (χ2n) is 5.60. The number of aromatic amines is 1. The molecule has 2 N–H and O–H groups in total. The normalized spacial score (nSPS) is 19.4. The third kappa shape index (κ3) is 3.81. The van der Waals surface area contributed by atoms with Gasteiger partial charge in [0.05, 0.1) is 34.7 Å². The first-order chi connectivity index (χ1) is 10.7. The molecule has 0 spiro atoms. The number of nitrogens with one attached hydrogen (secondary N) is 2. The number of fused-ring (bicyclic) bond motifs is 1. The molecule has 1 amide bonds. The van der Waals surface area contributed by atoms with Gasteiger partial charge in [0.25, 0.3) is 0 Å². The first-order valence-corrected chi connectivity index (χ1v) is 8.80. The largest absolute Gasteiger partial charge is 0.376 e. The summed E-state index contributed by atoms with van der Waals surface area (Å²) in [6.45, 7) is 2.82. The number of hydrogen-bond donors (Lipinski definition) is 2. The Hall–Kier alpha value is -1.53. The van der Waals surface area contributed by atoms with Gasteiger partial charge in [-0.2, -0.15) is 0 Å². The molecule has 5 nitrogen and oxygen atoms in total. The highest BCUT2D eigenvalue weighted by molar-refractivity contribution is 7.99. The van der Waals surface area contributed by atoms with E-state index in [2.05, 4.69) is 15.3 Å². The van der Waals surface area contributed by atoms with Gasteiger partial charge in [0.2, 0.25) is 5.91 Å². The molecule has 0 saturated carbocycles. The van der Waals surface area contributed by atoms with E-state index in [-0.39, 0.29) is 18.1 Å². The van der Waals surface area contributed by atoms with E-state index < -0.39 is 0 Å². The third-order valence-corrected chi connectivity index (χ3v) is 4.77. The van der Waals surface area contributed by atoms with E-state index in [4.69, 9.17) is 4.74 Å². The number of carbonyl (C=O) groups is 1. The Balaban J connectivity index is 1.43. The first-order valence-electron chi connectivity index (χ1n) is 7.65. The number of nitrogens with zero attached hydrogens (tertiary/aromatic N) is 1. The van der Waals surface area contributed by atoms with Crippen molar-refractivity contribution >= 4 is 28.7 Å². The summed E-state index contributed by atoms with van der Waals surface area (Å²) in [6, 6.07) is 8.03. The zero-order valence-electron chi connectivity index (χ0n) is 12.7. The lowest BCUT2D eigenvalue weighted by Crippen LogP contribution is -2.41. The van der Waals surface area contributed by atoms with E-state index in [1.807, 2.05) is 31.2 Å². The topological polar surface area (TPSA) is 67.0 Å². The van der Waals surface area contributed by atoms with Gasteiger partial charge in [-0.05, 0) is 31.9 Å². The number of amides is 1. The fourth-order valence-corrected chi connectivity index (χ4v) is 3.40. The molecule has 6 heteroatoms. The van der Waals surface area contributed by atoms with Gasteiger partial charge in [-0.25, -0.2) is 4.98 Å². The van der Waals surface area contributed by atoms with E-state index in [0.717, 1.165) is 36.3 Å². The van der Waals surface area contributed by atoms with Crippen molar-refractivity contribution in [1.29, 1.82) is 0 Å². The van der Waals surface area contributed by atoms with E-state index in [0.29, 0.717) is 11.5 Å². The lowest BCUT2D eigenvalue weighted by atomic mass is 10.1. The number of benzene rings is 1. The number of carbonyl (C=O) groups excluding carboxylic acids is 1. The average molecular weight is 319 g/mol. The van der Waals surface area contributed by atoms with Gasteiger partial charge >= 0.3 is 0 Å². The highest BCUT2D eigenvalue weighted by Crippen LogP contribution is 2.17. The van der Waals surface area contributed by atoms with Crippen LogP contribution < -0.4 is 5.32 Å². The number of thioether (sulfide) groups is 1. The molecule has 1 saturated heterocycles. The van der Waals surface area contributed by atoms with Gasteiger partial charge in [-0.15, -0.1) is 11.8 Å². The summed E-state index contributed by atoms with van der Waals surface area (Å²) in [4.78, 5) is 19.7. The van der Waals surface area contributed by atoms with Gasteiger partial charge < -0.3 is 15.0 Å². The van der Waals surface area contributed by atoms with Crippen LogP contribution in [0.4, 0.5) is 0 Å². The fourth-order valence-electron chi connectivity index (χ4n) is 2.70. The van der Waals surface area contributed by atoms with Crippen LogP contribution in [0, 0.1) is 0 Å². The molecule has 1 aliphatic rings. The smallest absolute Gasteiger partial charge is 0.230 e. The maximum absolute atomic E-state index is 12.0. The Bertz CT molecular complexity index is 604. The Morgan fingerprint density at radius 2 is 2.41 bits per heavy atom. The summed E-state index contributed by atoms with van der Waals surface area (Å²) in [7, 11) is 0. The predicted molar refractivity (Wildman–Crippen MR) is 88.8 cm³/mol.